The molecule has 19 heavy (non-hydrogen) atoms. The number of nitrogens with two attached hydrogens (primary N) is 1. The van der Waals surface area contributed by atoms with Gasteiger partial charge in [-0.1, -0.05) is 34.2 Å². The summed E-state index contributed by atoms with van der Waals surface area (Å²) in [5.74, 6) is 0.970. The van der Waals surface area contributed by atoms with E-state index >= 15 is 0 Å². The second-order valence-electron chi connectivity index (χ2n) is 4.01. The third kappa shape index (κ3) is 3.08. The Morgan fingerprint density at radius 2 is 2.05 bits per heavy atom. The molecule has 0 aliphatic rings. The van der Waals surface area contributed by atoms with Gasteiger partial charge in [0.25, 0.3) is 0 Å². The van der Waals surface area contributed by atoms with Gasteiger partial charge in [0.15, 0.2) is 0 Å². The Morgan fingerprint density at radius 3 is 2.68 bits per heavy atom. The average Bonchev–Trinajstić information content (AvgIpc) is 2.33. The van der Waals surface area contributed by atoms with Crippen molar-refractivity contribution in [3.8, 4) is 11.6 Å². The molecular formula is C13H12BrN3OS. The van der Waals surface area contributed by atoms with Gasteiger partial charge in [-0.3, -0.25) is 0 Å². The van der Waals surface area contributed by atoms with Crippen molar-refractivity contribution in [2.75, 3.05) is 0 Å². The zero-order valence-corrected chi connectivity index (χ0v) is 12.9. The lowest BCUT2D eigenvalue weighted by atomic mass is 10.1. The molecular weight excluding hydrogens is 326 g/mol. The van der Waals surface area contributed by atoms with Gasteiger partial charge in [-0.15, -0.1) is 5.10 Å². The monoisotopic (exact) mass is 337 g/mol. The van der Waals surface area contributed by atoms with Crippen LogP contribution in [0.5, 0.6) is 11.6 Å². The van der Waals surface area contributed by atoms with E-state index in [1.54, 1.807) is 0 Å². The molecule has 0 fully saturated rings. The predicted molar refractivity (Wildman–Crippen MR) is 81.6 cm³/mol. The van der Waals surface area contributed by atoms with E-state index in [-0.39, 0.29) is 4.99 Å². The molecule has 1 aromatic heterocycles. The maximum Gasteiger partial charge on any atom is 0.249 e. The topological polar surface area (TPSA) is 61.0 Å². The largest absolute Gasteiger partial charge is 0.437 e. The standard InChI is InChI=1S/C13H12BrN3OS/c1-7-8(2)16-17-13(11(7)12(15)19)18-10-5-3-4-9(14)6-10/h3-6H,1-2H3,(H2,15,19). The molecule has 4 nitrogen and oxygen atoms in total. The number of ether oxygens (including phenoxy) is 1. The van der Waals surface area contributed by atoms with Crippen LogP contribution in [0.4, 0.5) is 0 Å². The van der Waals surface area contributed by atoms with E-state index in [1.807, 2.05) is 38.1 Å². The maximum absolute atomic E-state index is 5.74. The first kappa shape index (κ1) is 13.9. The Hall–Kier alpha value is -1.53. The van der Waals surface area contributed by atoms with Gasteiger partial charge in [0.2, 0.25) is 5.88 Å². The fraction of sp³-hybridized carbons (Fsp3) is 0.154. The van der Waals surface area contributed by atoms with Gasteiger partial charge in [-0.2, -0.15) is 5.10 Å². The molecule has 0 aliphatic heterocycles. The first-order valence-corrected chi connectivity index (χ1v) is 6.76. The fourth-order valence-corrected chi connectivity index (χ4v) is 2.21. The summed E-state index contributed by atoms with van der Waals surface area (Å²) < 4.78 is 6.63. The first-order valence-electron chi connectivity index (χ1n) is 5.56. The van der Waals surface area contributed by atoms with E-state index in [1.165, 1.54) is 0 Å². The van der Waals surface area contributed by atoms with Gasteiger partial charge in [0.1, 0.15) is 10.7 Å². The molecule has 0 aliphatic carbocycles. The van der Waals surface area contributed by atoms with Crippen molar-refractivity contribution >= 4 is 33.1 Å². The highest BCUT2D eigenvalue weighted by molar-refractivity contribution is 9.10. The third-order valence-electron chi connectivity index (χ3n) is 2.68. The van der Waals surface area contributed by atoms with Crippen LogP contribution in [0.15, 0.2) is 28.7 Å². The Balaban J connectivity index is 2.46. The van der Waals surface area contributed by atoms with Crippen molar-refractivity contribution in [1.29, 1.82) is 0 Å². The number of thiocarbonyl (C=S) groups is 1. The molecule has 2 rings (SSSR count). The molecule has 0 bridgehead atoms. The van der Waals surface area contributed by atoms with E-state index in [0.717, 1.165) is 15.7 Å². The molecule has 6 heteroatoms. The second kappa shape index (κ2) is 5.63. The van der Waals surface area contributed by atoms with Crippen molar-refractivity contribution in [1.82, 2.24) is 10.2 Å². The number of hydrogen-bond acceptors (Lipinski definition) is 4. The lowest BCUT2D eigenvalue weighted by Crippen LogP contribution is -2.15. The highest BCUT2D eigenvalue weighted by Crippen LogP contribution is 2.27. The smallest absolute Gasteiger partial charge is 0.249 e. The molecule has 0 saturated heterocycles. The Labute approximate surface area is 125 Å². The Kier molecular flexibility index (Phi) is 4.11. The Morgan fingerprint density at radius 1 is 1.32 bits per heavy atom. The quantitative estimate of drug-likeness (QED) is 0.871. The summed E-state index contributed by atoms with van der Waals surface area (Å²) in [6, 6.07) is 7.44. The molecule has 1 aromatic carbocycles. The summed E-state index contributed by atoms with van der Waals surface area (Å²) >= 11 is 8.44. The van der Waals surface area contributed by atoms with Crippen molar-refractivity contribution in [2.45, 2.75) is 13.8 Å². The summed E-state index contributed by atoms with van der Waals surface area (Å²) in [7, 11) is 0. The number of rotatable bonds is 3. The summed E-state index contributed by atoms with van der Waals surface area (Å²) in [5, 5.41) is 8.07. The molecule has 0 unspecified atom stereocenters. The zero-order valence-electron chi connectivity index (χ0n) is 10.5. The molecule has 1 heterocycles. The van der Waals surface area contributed by atoms with Crippen LogP contribution >= 0.6 is 28.1 Å². The van der Waals surface area contributed by atoms with Crippen LogP contribution in [-0.4, -0.2) is 15.2 Å². The van der Waals surface area contributed by atoms with Crippen molar-refractivity contribution in [3.63, 3.8) is 0 Å². The number of benzene rings is 1. The minimum Gasteiger partial charge on any atom is -0.437 e. The molecule has 2 aromatic rings. The van der Waals surface area contributed by atoms with Crippen LogP contribution in [0.1, 0.15) is 16.8 Å². The van der Waals surface area contributed by atoms with Crippen molar-refractivity contribution < 1.29 is 4.74 Å². The summed E-state index contributed by atoms with van der Waals surface area (Å²) in [5.41, 5.74) is 8.03. The van der Waals surface area contributed by atoms with E-state index in [2.05, 4.69) is 26.1 Å². The van der Waals surface area contributed by atoms with Gasteiger partial charge < -0.3 is 10.5 Å². The summed E-state index contributed by atoms with van der Waals surface area (Å²) in [6.07, 6.45) is 0. The lowest BCUT2D eigenvalue weighted by Gasteiger charge is -2.12. The van der Waals surface area contributed by atoms with Crippen LogP contribution in [0.25, 0.3) is 0 Å². The van der Waals surface area contributed by atoms with Crippen molar-refractivity contribution in [3.05, 3.63) is 45.6 Å². The minimum atomic E-state index is 0.250. The molecule has 0 radical (unpaired) electrons. The van der Waals surface area contributed by atoms with Crippen LogP contribution in [0.2, 0.25) is 0 Å². The Bertz CT molecular complexity index is 646. The molecule has 0 amide bonds. The molecule has 0 spiro atoms. The maximum atomic E-state index is 5.74. The van der Waals surface area contributed by atoms with Gasteiger partial charge in [0.05, 0.1) is 11.3 Å². The van der Waals surface area contributed by atoms with E-state index in [9.17, 15) is 0 Å². The number of aryl methyl sites for hydroxylation is 1. The van der Waals surface area contributed by atoms with Crippen LogP contribution in [0.3, 0.4) is 0 Å². The van der Waals surface area contributed by atoms with E-state index in [0.29, 0.717) is 17.2 Å². The fourth-order valence-electron chi connectivity index (χ4n) is 1.59. The van der Waals surface area contributed by atoms with Crippen LogP contribution < -0.4 is 10.5 Å². The first-order chi connectivity index (χ1) is 8.99. The summed E-state index contributed by atoms with van der Waals surface area (Å²) in [6.45, 7) is 3.75. The molecule has 0 saturated carbocycles. The van der Waals surface area contributed by atoms with Crippen LogP contribution in [-0.2, 0) is 0 Å². The molecule has 2 N–H and O–H groups in total. The average molecular weight is 338 g/mol. The predicted octanol–water partition coefficient (Wildman–Crippen LogP) is 3.28. The van der Waals surface area contributed by atoms with Crippen LogP contribution in [0, 0.1) is 13.8 Å². The third-order valence-corrected chi connectivity index (χ3v) is 3.38. The highest BCUT2D eigenvalue weighted by Gasteiger charge is 2.15. The SMILES string of the molecule is Cc1nnc(Oc2cccc(Br)c2)c(C(N)=S)c1C. The van der Waals surface area contributed by atoms with Gasteiger partial charge in [0, 0.05) is 4.47 Å². The number of nitrogens with zero attached hydrogens (tertiary/aromatic N) is 2. The highest BCUT2D eigenvalue weighted by atomic mass is 79.9. The van der Waals surface area contributed by atoms with Gasteiger partial charge in [-0.05, 0) is 37.6 Å². The van der Waals surface area contributed by atoms with Gasteiger partial charge in [-0.25, -0.2) is 0 Å². The second-order valence-corrected chi connectivity index (χ2v) is 5.37. The molecule has 98 valence electrons. The number of halogens is 1. The van der Waals surface area contributed by atoms with E-state index in [4.69, 9.17) is 22.7 Å². The lowest BCUT2D eigenvalue weighted by molar-refractivity contribution is 0.452. The van der Waals surface area contributed by atoms with Gasteiger partial charge >= 0.3 is 0 Å². The summed E-state index contributed by atoms with van der Waals surface area (Å²) in [4.78, 5) is 0.250. The van der Waals surface area contributed by atoms with Crippen molar-refractivity contribution in [2.24, 2.45) is 5.73 Å². The zero-order chi connectivity index (χ0) is 14.0. The minimum absolute atomic E-state index is 0.250. The van der Waals surface area contributed by atoms with E-state index < -0.39 is 0 Å². The number of hydrogen-bond donors (Lipinski definition) is 1. The molecule has 0 atom stereocenters. The normalized spacial score (nSPS) is 10.3. The number of aromatic nitrogens is 2.